The second-order valence-corrected chi connectivity index (χ2v) is 7.35. The van der Waals surface area contributed by atoms with E-state index in [1.165, 1.54) is 5.56 Å². The molecule has 0 aliphatic carbocycles. The number of hydrogen-bond donors (Lipinski definition) is 1. The average molecular weight is 353 g/mol. The maximum Gasteiger partial charge on any atom is 0.306 e. The Bertz CT molecular complexity index is 912. The number of hydrogen-bond acceptors (Lipinski definition) is 5. The fourth-order valence-corrected chi connectivity index (χ4v) is 4.29. The van der Waals surface area contributed by atoms with Crippen LogP contribution in [0.5, 0.6) is 0 Å². The minimum absolute atomic E-state index is 0.243. The number of anilines is 1. The highest BCUT2D eigenvalue weighted by Crippen LogP contribution is 2.38. The van der Waals surface area contributed by atoms with Crippen molar-refractivity contribution in [1.29, 1.82) is 0 Å². The number of fused-ring (bicyclic) bond motifs is 1. The predicted molar refractivity (Wildman–Crippen MR) is 100 cm³/mol. The maximum absolute atomic E-state index is 11.2. The number of rotatable bonds is 3. The third kappa shape index (κ3) is 2.98. The highest BCUT2D eigenvalue weighted by molar-refractivity contribution is 7.17. The fourth-order valence-electron chi connectivity index (χ4n) is 3.38. The van der Waals surface area contributed by atoms with Gasteiger partial charge >= 0.3 is 5.97 Å². The lowest BCUT2D eigenvalue weighted by Crippen LogP contribution is -2.36. The van der Waals surface area contributed by atoms with Gasteiger partial charge in [-0.05, 0) is 25.3 Å². The Labute approximate surface area is 150 Å². The first kappa shape index (κ1) is 16.0. The summed E-state index contributed by atoms with van der Waals surface area (Å²) in [6, 6.07) is 8.48. The molecule has 6 heteroatoms. The maximum atomic E-state index is 11.2. The zero-order valence-electron chi connectivity index (χ0n) is 14.0. The van der Waals surface area contributed by atoms with Crippen LogP contribution in [0.25, 0.3) is 21.3 Å². The summed E-state index contributed by atoms with van der Waals surface area (Å²) >= 11 is 1.62. The van der Waals surface area contributed by atoms with E-state index in [9.17, 15) is 9.90 Å². The first-order chi connectivity index (χ1) is 12.1. The van der Waals surface area contributed by atoms with Crippen LogP contribution in [-0.4, -0.2) is 34.1 Å². The van der Waals surface area contributed by atoms with Crippen molar-refractivity contribution < 1.29 is 9.90 Å². The van der Waals surface area contributed by atoms with Gasteiger partial charge < -0.3 is 10.0 Å². The van der Waals surface area contributed by atoms with Crippen molar-refractivity contribution >= 4 is 33.3 Å². The van der Waals surface area contributed by atoms with Crippen LogP contribution in [0.3, 0.4) is 0 Å². The molecule has 1 aromatic carbocycles. The van der Waals surface area contributed by atoms with Gasteiger partial charge in [0.25, 0.3) is 0 Å². The Morgan fingerprint density at radius 1 is 1.20 bits per heavy atom. The number of carboxylic acid groups (broad SMARTS) is 1. The molecule has 4 rings (SSSR count). The number of aryl methyl sites for hydroxylation is 1. The van der Waals surface area contributed by atoms with Gasteiger partial charge in [0.05, 0.1) is 11.3 Å². The van der Waals surface area contributed by atoms with Crippen LogP contribution >= 0.6 is 11.3 Å². The van der Waals surface area contributed by atoms with Crippen LogP contribution in [0.4, 0.5) is 5.82 Å². The van der Waals surface area contributed by atoms with Crippen LogP contribution in [0.1, 0.15) is 18.4 Å². The fraction of sp³-hybridized carbons (Fsp3) is 0.316. The van der Waals surface area contributed by atoms with Gasteiger partial charge in [0, 0.05) is 24.0 Å². The number of thiophene rings is 1. The van der Waals surface area contributed by atoms with Crippen molar-refractivity contribution in [1.82, 2.24) is 9.97 Å². The minimum Gasteiger partial charge on any atom is -0.481 e. The lowest BCUT2D eigenvalue weighted by Gasteiger charge is -2.31. The quantitative estimate of drug-likeness (QED) is 0.772. The van der Waals surface area contributed by atoms with Crippen LogP contribution < -0.4 is 4.90 Å². The van der Waals surface area contributed by atoms with Crippen molar-refractivity contribution in [2.24, 2.45) is 5.92 Å². The zero-order valence-corrected chi connectivity index (χ0v) is 14.8. The molecule has 2 aromatic heterocycles. The van der Waals surface area contributed by atoms with Crippen LogP contribution in [0, 0.1) is 12.8 Å². The average Bonchev–Trinajstić information content (AvgIpc) is 3.07. The summed E-state index contributed by atoms with van der Waals surface area (Å²) in [6.07, 6.45) is 2.92. The normalized spacial score (nSPS) is 15.6. The SMILES string of the molecule is Cc1ccc(-c2csc3ncnc(N4CCC(C(=O)O)CC4)c23)cc1. The van der Waals surface area contributed by atoms with Crippen LogP contribution in [0.2, 0.25) is 0 Å². The molecule has 3 aromatic rings. The molecular weight excluding hydrogens is 334 g/mol. The summed E-state index contributed by atoms with van der Waals surface area (Å²) in [6.45, 7) is 3.51. The number of carboxylic acids is 1. The highest BCUT2D eigenvalue weighted by Gasteiger charge is 2.27. The number of carbonyl (C=O) groups is 1. The second kappa shape index (κ2) is 6.44. The molecule has 0 unspecified atom stereocenters. The largest absolute Gasteiger partial charge is 0.481 e. The molecular formula is C19H19N3O2S. The Morgan fingerprint density at radius 3 is 2.60 bits per heavy atom. The number of aromatic nitrogens is 2. The first-order valence-corrected chi connectivity index (χ1v) is 9.28. The van der Waals surface area contributed by atoms with Crippen molar-refractivity contribution in [2.75, 3.05) is 18.0 Å². The lowest BCUT2D eigenvalue weighted by atomic mass is 9.96. The summed E-state index contributed by atoms with van der Waals surface area (Å²) in [4.78, 5) is 23.3. The molecule has 0 bridgehead atoms. The summed E-state index contributed by atoms with van der Waals surface area (Å²) in [5.74, 6) is -0.0124. The summed E-state index contributed by atoms with van der Waals surface area (Å²) < 4.78 is 0. The molecule has 3 heterocycles. The summed E-state index contributed by atoms with van der Waals surface area (Å²) in [7, 11) is 0. The molecule has 128 valence electrons. The van der Waals surface area contributed by atoms with E-state index < -0.39 is 5.97 Å². The van der Waals surface area contributed by atoms with Crippen molar-refractivity contribution in [3.05, 3.63) is 41.5 Å². The van der Waals surface area contributed by atoms with Gasteiger partial charge in [0.1, 0.15) is 17.0 Å². The zero-order chi connectivity index (χ0) is 17.4. The monoisotopic (exact) mass is 353 g/mol. The molecule has 0 saturated carbocycles. The molecule has 0 atom stereocenters. The van der Waals surface area contributed by atoms with E-state index in [4.69, 9.17) is 0 Å². The molecule has 0 radical (unpaired) electrons. The summed E-state index contributed by atoms with van der Waals surface area (Å²) in [5, 5.41) is 12.4. The molecule has 0 spiro atoms. The molecule has 1 N–H and O–H groups in total. The third-order valence-electron chi connectivity index (χ3n) is 4.86. The molecule has 1 fully saturated rings. The lowest BCUT2D eigenvalue weighted by molar-refractivity contribution is -0.142. The Balaban J connectivity index is 1.74. The van der Waals surface area contributed by atoms with Gasteiger partial charge in [0.15, 0.2) is 0 Å². The number of nitrogens with zero attached hydrogens (tertiary/aromatic N) is 3. The van der Waals surface area contributed by atoms with Gasteiger partial charge in [0.2, 0.25) is 0 Å². The van der Waals surface area contributed by atoms with E-state index in [2.05, 4.69) is 51.4 Å². The van der Waals surface area contributed by atoms with E-state index in [1.54, 1.807) is 17.7 Å². The van der Waals surface area contributed by atoms with Crippen molar-refractivity contribution in [3.63, 3.8) is 0 Å². The van der Waals surface area contributed by atoms with Gasteiger partial charge in [-0.2, -0.15) is 0 Å². The van der Waals surface area contributed by atoms with Gasteiger partial charge in [-0.15, -0.1) is 11.3 Å². The highest BCUT2D eigenvalue weighted by atomic mass is 32.1. The Morgan fingerprint density at radius 2 is 1.92 bits per heavy atom. The van der Waals surface area contributed by atoms with Gasteiger partial charge in [-0.1, -0.05) is 29.8 Å². The first-order valence-electron chi connectivity index (χ1n) is 8.40. The van der Waals surface area contributed by atoms with E-state index in [-0.39, 0.29) is 5.92 Å². The van der Waals surface area contributed by atoms with E-state index in [1.807, 2.05) is 0 Å². The molecule has 25 heavy (non-hydrogen) atoms. The second-order valence-electron chi connectivity index (χ2n) is 6.49. The molecule has 5 nitrogen and oxygen atoms in total. The molecule has 0 amide bonds. The Kier molecular flexibility index (Phi) is 4.13. The molecule has 1 aliphatic heterocycles. The van der Waals surface area contributed by atoms with E-state index in [0.29, 0.717) is 25.9 Å². The Hall–Kier alpha value is -2.47. The third-order valence-corrected chi connectivity index (χ3v) is 5.74. The van der Waals surface area contributed by atoms with Crippen molar-refractivity contribution in [3.8, 4) is 11.1 Å². The molecule has 1 aliphatic rings. The van der Waals surface area contributed by atoms with Gasteiger partial charge in [-0.25, -0.2) is 9.97 Å². The van der Waals surface area contributed by atoms with Crippen LogP contribution in [0.15, 0.2) is 36.0 Å². The van der Waals surface area contributed by atoms with Gasteiger partial charge in [-0.3, -0.25) is 4.79 Å². The predicted octanol–water partition coefficient (Wildman–Crippen LogP) is 3.97. The van der Waals surface area contributed by atoms with Crippen LogP contribution in [-0.2, 0) is 4.79 Å². The summed E-state index contributed by atoms with van der Waals surface area (Å²) in [5.41, 5.74) is 3.54. The standard InChI is InChI=1S/C19H19N3O2S/c1-12-2-4-13(5-3-12)15-10-25-18-16(15)17(20-11-21-18)22-8-6-14(7-9-22)19(23)24/h2-5,10-11,14H,6-9H2,1H3,(H,23,24). The number of aliphatic carboxylic acids is 1. The van der Waals surface area contributed by atoms with E-state index >= 15 is 0 Å². The van der Waals surface area contributed by atoms with Crippen molar-refractivity contribution in [2.45, 2.75) is 19.8 Å². The number of piperidine rings is 1. The smallest absolute Gasteiger partial charge is 0.306 e. The number of benzene rings is 1. The topological polar surface area (TPSA) is 66.3 Å². The minimum atomic E-state index is -0.691. The molecule has 1 saturated heterocycles. The van der Waals surface area contributed by atoms with E-state index in [0.717, 1.165) is 27.2 Å².